The third-order valence-electron chi connectivity index (χ3n) is 12.0. The van der Waals surface area contributed by atoms with E-state index < -0.39 is 0 Å². The second-order valence-corrected chi connectivity index (χ2v) is 13.3. The van der Waals surface area contributed by atoms with Crippen LogP contribution in [-0.2, 0) is 0 Å². The van der Waals surface area contributed by atoms with Gasteiger partial charge in [0.2, 0.25) is 0 Å². The summed E-state index contributed by atoms with van der Waals surface area (Å²) in [6.45, 7) is 17.6. The minimum atomic E-state index is -0.150. The van der Waals surface area contributed by atoms with Crippen LogP contribution in [0.5, 0.6) is 0 Å². The van der Waals surface area contributed by atoms with E-state index in [1.54, 1.807) is 0 Å². The largest absolute Gasteiger partial charge is 0.393 e. The maximum Gasteiger partial charge on any atom is 0.0602 e. The van der Waals surface area contributed by atoms with Gasteiger partial charge in [-0.2, -0.15) is 0 Å². The van der Waals surface area contributed by atoms with Crippen LogP contribution >= 0.6 is 0 Å². The molecule has 3 N–H and O–H groups in total. The van der Waals surface area contributed by atoms with Crippen LogP contribution in [0, 0.1) is 46.3 Å². The Bertz CT molecular complexity index is 654. The molecule has 4 nitrogen and oxygen atoms in total. The minimum Gasteiger partial charge on any atom is -0.393 e. The molecule has 0 aromatic rings. The first-order chi connectivity index (χ1) is 16.3. The minimum absolute atomic E-state index is 0.0863. The van der Waals surface area contributed by atoms with Crippen molar-refractivity contribution in [1.82, 2.24) is 10.2 Å². The van der Waals surface area contributed by atoms with Gasteiger partial charge in [-0.25, -0.2) is 0 Å². The van der Waals surface area contributed by atoms with Gasteiger partial charge in [-0.15, -0.1) is 0 Å². The Morgan fingerprint density at radius 2 is 1.71 bits per heavy atom. The molecule has 0 aromatic carbocycles. The predicted octanol–water partition coefficient (Wildman–Crippen LogP) is 5.32. The van der Waals surface area contributed by atoms with Gasteiger partial charge in [0.25, 0.3) is 0 Å². The van der Waals surface area contributed by atoms with E-state index in [1.807, 2.05) is 0 Å². The van der Waals surface area contributed by atoms with Gasteiger partial charge in [0, 0.05) is 13.1 Å². The quantitative estimate of drug-likeness (QED) is 0.373. The van der Waals surface area contributed by atoms with E-state index in [4.69, 9.17) is 0 Å². The summed E-state index contributed by atoms with van der Waals surface area (Å²) >= 11 is 0. The second-order valence-electron chi connectivity index (χ2n) is 13.3. The van der Waals surface area contributed by atoms with Gasteiger partial charge in [-0.05, 0) is 130 Å². The zero-order valence-electron chi connectivity index (χ0n) is 23.1. The Kier molecular flexibility index (Phi) is 8.76. The van der Waals surface area contributed by atoms with Gasteiger partial charge in [0.1, 0.15) is 0 Å². The number of nitrogens with one attached hydrogen (secondary N) is 1. The maximum absolute atomic E-state index is 11.7. The highest BCUT2D eigenvalue weighted by molar-refractivity contribution is 5.12. The molecule has 4 rings (SSSR count). The fourth-order valence-corrected chi connectivity index (χ4v) is 9.81. The Hall–Kier alpha value is -0.160. The molecule has 4 saturated carbocycles. The molecule has 0 aromatic heterocycles. The highest BCUT2D eigenvalue weighted by atomic mass is 16.3. The molecular formula is C30H56N2O2. The number of aliphatic hydroxyl groups excluding tert-OH is 2. The van der Waals surface area contributed by atoms with Crippen LogP contribution in [0.4, 0.5) is 0 Å². The Balaban J connectivity index is 1.33. The molecule has 4 aliphatic rings. The van der Waals surface area contributed by atoms with Crippen molar-refractivity contribution in [2.45, 2.75) is 111 Å². The van der Waals surface area contributed by atoms with Gasteiger partial charge < -0.3 is 20.4 Å². The molecular weight excluding hydrogens is 420 g/mol. The number of hydrogen-bond donors (Lipinski definition) is 3. The van der Waals surface area contributed by atoms with Crippen LogP contribution in [0.15, 0.2) is 0 Å². The molecule has 0 heterocycles. The van der Waals surface area contributed by atoms with Crippen molar-refractivity contribution in [1.29, 1.82) is 0 Å². The van der Waals surface area contributed by atoms with Gasteiger partial charge in [0.05, 0.1) is 12.2 Å². The molecule has 0 unspecified atom stereocenters. The summed E-state index contributed by atoms with van der Waals surface area (Å²) in [4.78, 5) is 2.48. The third kappa shape index (κ3) is 4.87. The fourth-order valence-electron chi connectivity index (χ4n) is 9.81. The fraction of sp³-hybridized carbons (Fsp3) is 1.00. The molecule has 0 aliphatic heterocycles. The molecule has 10 atom stereocenters. The first-order valence-electron chi connectivity index (χ1n) is 15.0. The molecule has 4 fully saturated rings. The van der Waals surface area contributed by atoms with Crippen LogP contribution in [0.25, 0.3) is 0 Å². The average molecular weight is 477 g/mol. The summed E-state index contributed by atoms with van der Waals surface area (Å²) in [6, 6.07) is 0. The molecule has 198 valence electrons. The van der Waals surface area contributed by atoms with E-state index in [9.17, 15) is 10.2 Å². The van der Waals surface area contributed by atoms with Crippen molar-refractivity contribution in [2.75, 3.05) is 32.7 Å². The Morgan fingerprint density at radius 1 is 0.941 bits per heavy atom. The van der Waals surface area contributed by atoms with Crippen LogP contribution in [0.1, 0.15) is 98.8 Å². The predicted molar refractivity (Wildman–Crippen MR) is 142 cm³/mol. The molecule has 4 aliphatic carbocycles. The van der Waals surface area contributed by atoms with Crippen LogP contribution in [0.3, 0.4) is 0 Å². The van der Waals surface area contributed by atoms with E-state index in [-0.39, 0.29) is 17.6 Å². The average Bonchev–Trinajstić information content (AvgIpc) is 3.18. The molecule has 0 radical (unpaired) electrons. The maximum atomic E-state index is 11.7. The van der Waals surface area contributed by atoms with Gasteiger partial charge >= 0.3 is 0 Å². The molecule has 0 spiro atoms. The van der Waals surface area contributed by atoms with Crippen molar-refractivity contribution < 1.29 is 10.2 Å². The number of aliphatic hydroxyl groups is 2. The van der Waals surface area contributed by atoms with Crippen LogP contribution in [0.2, 0.25) is 0 Å². The Labute approximate surface area is 210 Å². The first-order valence-corrected chi connectivity index (χ1v) is 15.0. The number of hydrogen-bond acceptors (Lipinski definition) is 4. The lowest BCUT2D eigenvalue weighted by atomic mass is 9.43. The zero-order chi connectivity index (χ0) is 24.5. The smallest absolute Gasteiger partial charge is 0.0602 e. The lowest BCUT2D eigenvalue weighted by molar-refractivity contribution is -0.174. The molecule has 34 heavy (non-hydrogen) atoms. The number of nitrogens with zero attached hydrogens (tertiary/aromatic N) is 1. The summed E-state index contributed by atoms with van der Waals surface area (Å²) in [5, 5.41) is 25.7. The van der Waals surface area contributed by atoms with Crippen LogP contribution < -0.4 is 5.32 Å². The summed E-state index contributed by atoms with van der Waals surface area (Å²) in [6.07, 6.45) is 11.7. The van der Waals surface area contributed by atoms with Crippen LogP contribution in [-0.4, -0.2) is 60.0 Å². The standard InChI is InChI=1S/C30H56N2O2/c1-6-32(7-2)18-17-31-16-8-9-21(3)25-12-13-26-24-11-10-22-19-23(33)14-15-29(22,4)27(24)20-28(34)30(25,26)5/h21-28,31,33-34H,6-20H2,1-5H3/t21-,22-,23-,24+,25-,26+,27+,28+,29+,30-/m1/s1. The molecule has 0 bridgehead atoms. The first kappa shape index (κ1) is 26.9. The van der Waals surface area contributed by atoms with Gasteiger partial charge in [-0.1, -0.05) is 34.6 Å². The van der Waals surface area contributed by atoms with Crippen molar-refractivity contribution in [3.63, 3.8) is 0 Å². The van der Waals surface area contributed by atoms with Crippen molar-refractivity contribution >= 4 is 0 Å². The van der Waals surface area contributed by atoms with Crippen molar-refractivity contribution in [2.24, 2.45) is 46.3 Å². The number of rotatable bonds is 10. The lowest BCUT2D eigenvalue weighted by Crippen LogP contribution is -2.58. The molecule has 0 amide bonds. The van der Waals surface area contributed by atoms with Crippen molar-refractivity contribution in [3.8, 4) is 0 Å². The van der Waals surface area contributed by atoms with E-state index >= 15 is 0 Å². The highest BCUT2D eigenvalue weighted by Crippen LogP contribution is 2.68. The third-order valence-corrected chi connectivity index (χ3v) is 12.0. The normalized spacial score (nSPS) is 45.0. The zero-order valence-corrected chi connectivity index (χ0v) is 23.1. The Morgan fingerprint density at radius 3 is 2.44 bits per heavy atom. The second kappa shape index (κ2) is 11.1. The van der Waals surface area contributed by atoms with Gasteiger partial charge in [0.15, 0.2) is 0 Å². The number of likely N-dealkylation sites (N-methyl/N-ethyl adjacent to an activating group) is 1. The summed E-state index contributed by atoms with van der Waals surface area (Å²) in [7, 11) is 0. The molecule has 4 heteroatoms. The van der Waals surface area contributed by atoms with Crippen molar-refractivity contribution in [3.05, 3.63) is 0 Å². The lowest BCUT2D eigenvalue weighted by Gasteiger charge is -2.62. The SMILES string of the molecule is CCN(CC)CCNCCC[C@@H](C)[C@H]1CC[C@H]2[C@@H]3CC[C@@H]4C[C@H](O)CC[C@]4(C)[C@H]3C[C@H](O)[C@]12C. The summed E-state index contributed by atoms with van der Waals surface area (Å²) in [5.41, 5.74) is 0.444. The van der Waals surface area contributed by atoms with E-state index in [2.05, 4.69) is 44.8 Å². The number of fused-ring (bicyclic) bond motifs is 5. The topological polar surface area (TPSA) is 55.7 Å². The highest BCUT2D eigenvalue weighted by Gasteiger charge is 2.63. The van der Waals surface area contributed by atoms with Gasteiger partial charge in [-0.3, -0.25) is 0 Å². The molecule has 0 saturated heterocycles. The van der Waals surface area contributed by atoms with E-state index in [0.717, 1.165) is 64.3 Å². The monoisotopic (exact) mass is 476 g/mol. The van der Waals surface area contributed by atoms with E-state index in [1.165, 1.54) is 38.5 Å². The van der Waals surface area contributed by atoms with E-state index in [0.29, 0.717) is 35.0 Å². The summed E-state index contributed by atoms with van der Waals surface area (Å²) < 4.78 is 0. The summed E-state index contributed by atoms with van der Waals surface area (Å²) in [5.74, 6) is 4.19.